The lowest BCUT2D eigenvalue weighted by molar-refractivity contribution is -0.113. The monoisotopic (exact) mass is 449 g/mol. The van der Waals surface area contributed by atoms with Gasteiger partial charge in [-0.15, -0.1) is 0 Å². The van der Waals surface area contributed by atoms with Crippen LogP contribution >= 0.6 is 27.7 Å². The largest absolute Gasteiger partial charge is 0.504 e. The molecule has 2 aromatic rings. The fourth-order valence-electron chi connectivity index (χ4n) is 2.57. The van der Waals surface area contributed by atoms with Crippen molar-refractivity contribution in [2.24, 2.45) is 0 Å². The Labute approximate surface area is 168 Å². The number of halogens is 1. The molecular formula is C19H16BrNO5S. The van der Waals surface area contributed by atoms with Gasteiger partial charge in [0.1, 0.15) is 5.75 Å². The van der Waals surface area contributed by atoms with E-state index in [0.29, 0.717) is 33.8 Å². The number of ether oxygens (including phenoxy) is 2. The van der Waals surface area contributed by atoms with Crippen LogP contribution in [0, 0.1) is 0 Å². The number of aromatic hydroxyl groups is 1. The van der Waals surface area contributed by atoms with E-state index in [1.54, 1.807) is 43.3 Å². The summed E-state index contributed by atoms with van der Waals surface area (Å²) in [7, 11) is 1.48. The zero-order chi connectivity index (χ0) is 19.6. The minimum absolute atomic E-state index is 0.0111. The molecule has 0 aromatic heterocycles. The molecular weight excluding hydrogens is 434 g/mol. The van der Waals surface area contributed by atoms with E-state index in [1.807, 2.05) is 0 Å². The molecule has 2 aromatic carbocycles. The number of carbonyl (C=O) groups excluding carboxylic acids is 2. The number of phenolic OH excluding ortho intramolecular Hbond substituents is 1. The molecule has 1 aliphatic heterocycles. The molecule has 140 valence electrons. The van der Waals surface area contributed by atoms with E-state index in [4.69, 9.17) is 9.47 Å². The number of thioether (sulfide) groups is 1. The van der Waals surface area contributed by atoms with Gasteiger partial charge < -0.3 is 14.6 Å². The highest BCUT2D eigenvalue weighted by Gasteiger charge is 2.37. The van der Waals surface area contributed by atoms with Crippen LogP contribution in [-0.2, 0) is 4.79 Å². The smallest absolute Gasteiger partial charge is 0.298 e. The van der Waals surface area contributed by atoms with Crippen LogP contribution in [0.2, 0.25) is 0 Å². The summed E-state index contributed by atoms with van der Waals surface area (Å²) in [4.78, 5) is 26.7. The van der Waals surface area contributed by atoms with Gasteiger partial charge in [-0.2, -0.15) is 0 Å². The number of hydrogen-bond donors (Lipinski definition) is 1. The average molecular weight is 450 g/mol. The van der Waals surface area contributed by atoms with Crippen molar-refractivity contribution in [3.05, 3.63) is 51.3 Å². The van der Waals surface area contributed by atoms with Gasteiger partial charge in [0.15, 0.2) is 11.5 Å². The molecule has 0 radical (unpaired) electrons. The first-order chi connectivity index (χ1) is 13.0. The first-order valence-corrected chi connectivity index (χ1v) is 9.63. The van der Waals surface area contributed by atoms with E-state index < -0.39 is 11.1 Å². The maximum absolute atomic E-state index is 12.8. The average Bonchev–Trinajstić information content (AvgIpc) is 2.92. The van der Waals surface area contributed by atoms with Crippen LogP contribution in [0.5, 0.6) is 17.2 Å². The summed E-state index contributed by atoms with van der Waals surface area (Å²) in [6, 6.07) is 9.94. The second-order valence-corrected chi connectivity index (χ2v) is 7.31. The Hall–Kier alpha value is -2.45. The zero-order valence-corrected chi connectivity index (χ0v) is 17.0. The van der Waals surface area contributed by atoms with Gasteiger partial charge in [-0.25, -0.2) is 4.90 Å². The minimum Gasteiger partial charge on any atom is -0.504 e. The van der Waals surface area contributed by atoms with Crippen molar-refractivity contribution in [2.45, 2.75) is 6.92 Å². The van der Waals surface area contributed by atoms with Crippen LogP contribution in [0.25, 0.3) is 6.08 Å². The van der Waals surface area contributed by atoms with E-state index in [9.17, 15) is 14.7 Å². The van der Waals surface area contributed by atoms with Crippen molar-refractivity contribution in [2.75, 3.05) is 18.6 Å². The molecule has 1 N–H and O–H groups in total. The molecule has 0 unspecified atom stereocenters. The van der Waals surface area contributed by atoms with Crippen molar-refractivity contribution in [3.8, 4) is 17.2 Å². The molecule has 8 heteroatoms. The zero-order valence-electron chi connectivity index (χ0n) is 14.6. The number of nitrogens with zero attached hydrogens (tertiary/aromatic N) is 1. The van der Waals surface area contributed by atoms with Crippen molar-refractivity contribution in [1.82, 2.24) is 0 Å². The van der Waals surface area contributed by atoms with E-state index in [2.05, 4.69) is 15.9 Å². The van der Waals surface area contributed by atoms with Crippen LogP contribution in [0.4, 0.5) is 10.5 Å². The standard InChI is InChI=1S/C19H16BrNO5S/c1-3-26-16-8-11(12(20)10-14(16)22)9-17-18(23)21(19(24)27-17)13-6-4-5-7-15(13)25-2/h4-10,22H,3H2,1-2H3/b17-9-. The molecule has 0 saturated carbocycles. The van der Waals surface area contributed by atoms with Crippen LogP contribution in [0.1, 0.15) is 12.5 Å². The molecule has 1 fully saturated rings. The Balaban J connectivity index is 1.99. The van der Waals surface area contributed by atoms with Crippen molar-refractivity contribution < 1.29 is 24.2 Å². The number of methoxy groups -OCH3 is 1. The number of benzene rings is 2. The van der Waals surface area contributed by atoms with Gasteiger partial charge in [-0.05, 0) is 54.6 Å². The van der Waals surface area contributed by atoms with Gasteiger partial charge in [0.05, 0.1) is 24.3 Å². The van der Waals surface area contributed by atoms with Gasteiger partial charge in [-0.3, -0.25) is 9.59 Å². The highest BCUT2D eigenvalue weighted by Crippen LogP contribution is 2.41. The van der Waals surface area contributed by atoms with Crippen LogP contribution in [0.15, 0.2) is 45.8 Å². The molecule has 27 heavy (non-hydrogen) atoms. The molecule has 0 spiro atoms. The molecule has 3 rings (SSSR count). The second kappa shape index (κ2) is 8.06. The van der Waals surface area contributed by atoms with E-state index >= 15 is 0 Å². The Morgan fingerprint density at radius 1 is 1.22 bits per heavy atom. The van der Waals surface area contributed by atoms with Crippen molar-refractivity contribution in [1.29, 1.82) is 0 Å². The Kier molecular flexibility index (Phi) is 5.76. The Morgan fingerprint density at radius 2 is 1.96 bits per heavy atom. The Morgan fingerprint density at radius 3 is 2.67 bits per heavy atom. The summed E-state index contributed by atoms with van der Waals surface area (Å²) in [6.45, 7) is 2.19. The molecule has 6 nitrogen and oxygen atoms in total. The third-order valence-corrected chi connectivity index (χ3v) is 5.34. The van der Waals surface area contributed by atoms with Gasteiger partial charge in [0.25, 0.3) is 11.1 Å². The second-order valence-electron chi connectivity index (χ2n) is 5.46. The highest BCUT2D eigenvalue weighted by molar-refractivity contribution is 9.10. The van der Waals surface area contributed by atoms with E-state index in [1.165, 1.54) is 13.2 Å². The normalized spacial score (nSPS) is 15.5. The summed E-state index contributed by atoms with van der Waals surface area (Å²) in [5.41, 5.74) is 1.01. The topological polar surface area (TPSA) is 76.1 Å². The van der Waals surface area contributed by atoms with Crippen LogP contribution in [0.3, 0.4) is 0 Å². The molecule has 2 amide bonds. The summed E-state index contributed by atoms with van der Waals surface area (Å²) in [5.74, 6) is 0.289. The summed E-state index contributed by atoms with van der Waals surface area (Å²) in [6.07, 6.45) is 1.59. The molecule has 0 aliphatic carbocycles. The number of rotatable bonds is 5. The number of para-hydroxylation sites is 2. The molecule has 1 heterocycles. The lowest BCUT2D eigenvalue weighted by atomic mass is 10.1. The van der Waals surface area contributed by atoms with Crippen LogP contribution < -0.4 is 14.4 Å². The van der Waals surface area contributed by atoms with Gasteiger partial charge in [0.2, 0.25) is 0 Å². The first kappa shape index (κ1) is 19.3. The number of phenols is 1. The number of carbonyl (C=O) groups is 2. The first-order valence-electron chi connectivity index (χ1n) is 8.02. The van der Waals surface area contributed by atoms with Gasteiger partial charge >= 0.3 is 0 Å². The number of imide groups is 1. The Bertz CT molecular complexity index is 944. The molecule has 0 atom stereocenters. The maximum Gasteiger partial charge on any atom is 0.298 e. The fourth-order valence-corrected chi connectivity index (χ4v) is 3.84. The van der Waals surface area contributed by atoms with E-state index in [0.717, 1.165) is 16.7 Å². The lowest BCUT2D eigenvalue weighted by Gasteiger charge is -2.15. The summed E-state index contributed by atoms with van der Waals surface area (Å²) >= 11 is 4.20. The molecule has 0 bridgehead atoms. The number of hydrogen-bond acceptors (Lipinski definition) is 6. The van der Waals surface area contributed by atoms with Crippen molar-refractivity contribution in [3.63, 3.8) is 0 Å². The quantitative estimate of drug-likeness (QED) is 0.660. The SMILES string of the molecule is CCOc1cc(/C=C2\SC(=O)N(c3ccccc3OC)C2=O)c(Br)cc1O. The summed E-state index contributed by atoms with van der Waals surface area (Å²) < 4.78 is 11.2. The van der Waals surface area contributed by atoms with E-state index in [-0.39, 0.29) is 10.7 Å². The number of amides is 2. The molecule has 1 saturated heterocycles. The third kappa shape index (κ3) is 3.81. The predicted octanol–water partition coefficient (Wildman–Crippen LogP) is 4.80. The van der Waals surface area contributed by atoms with Gasteiger partial charge in [0, 0.05) is 4.47 Å². The van der Waals surface area contributed by atoms with Crippen LogP contribution in [-0.4, -0.2) is 30.0 Å². The summed E-state index contributed by atoms with van der Waals surface area (Å²) in [5, 5.41) is 9.52. The highest BCUT2D eigenvalue weighted by atomic mass is 79.9. The molecule has 1 aliphatic rings. The third-order valence-electron chi connectivity index (χ3n) is 3.78. The number of anilines is 1. The lowest BCUT2D eigenvalue weighted by Crippen LogP contribution is -2.28. The van der Waals surface area contributed by atoms with Crippen molar-refractivity contribution >= 4 is 50.6 Å². The fraction of sp³-hybridized carbons (Fsp3) is 0.158. The predicted molar refractivity (Wildman–Crippen MR) is 108 cm³/mol. The minimum atomic E-state index is -0.438. The maximum atomic E-state index is 12.8. The van der Waals surface area contributed by atoms with Gasteiger partial charge in [-0.1, -0.05) is 28.1 Å².